The maximum Gasteiger partial charge on any atom is 0.329 e. The predicted molar refractivity (Wildman–Crippen MR) is 78.8 cm³/mol. The number of hydrogen-bond donors (Lipinski definition) is 1. The van der Waals surface area contributed by atoms with Crippen LogP contribution in [0.4, 0.5) is 5.82 Å². The summed E-state index contributed by atoms with van der Waals surface area (Å²) >= 11 is 0. The van der Waals surface area contributed by atoms with Gasteiger partial charge < -0.3 is 0 Å². The molecule has 2 heterocycles. The molecule has 0 fully saturated rings. The molecule has 2 aromatic rings. The van der Waals surface area contributed by atoms with Crippen LogP contribution in [0.25, 0.3) is 0 Å². The van der Waals surface area contributed by atoms with Crippen molar-refractivity contribution < 1.29 is 4.79 Å². The first-order valence-corrected chi connectivity index (χ1v) is 6.85. The van der Waals surface area contributed by atoms with Crippen molar-refractivity contribution in [1.29, 1.82) is 0 Å². The van der Waals surface area contributed by atoms with E-state index < -0.39 is 11.2 Å². The monoisotopic (exact) mass is 285 g/mol. The second-order valence-corrected chi connectivity index (χ2v) is 4.91. The normalized spacial score (nSPS) is 14.1. The number of fused-ring (bicyclic) bond motifs is 1. The number of aromatic amines is 1. The first-order chi connectivity index (χ1) is 10.1. The van der Waals surface area contributed by atoms with Gasteiger partial charge in [-0.2, -0.15) is 0 Å². The summed E-state index contributed by atoms with van der Waals surface area (Å²) in [4.78, 5) is 40.3. The topological polar surface area (TPSA) is 75.2 Å². The summed E-state index contributed by atoms with van der Waals surface area (Å²) in [6, 6.07) is 8.68. The van der Waals surface area contributed by atoms with Crippen molar-refractivity contribution in [2.75, 3.05) is 11.4 Å². The second-order valence-electron chi connectivity index (χ2n) is 4.91. The number of aromatic nitrogens is 2. The molecule has 0 bridgehead atoms. The molecule has 3 rings (SSSR count). The van der Waals surface area contributed by atoms with E-state index in [-0.39, 0.29) is 11.7 Å². The van der Waals surface area contributed by atoms with E-state index in [1.54, 1.807) is 19.1 Å². The maximum absolute atomic E-state index is 12.5. The number of amides is 1. The fraction of sp³-hybridized carbons (Fsp3) is 0.267. The minimum Gasteiger partial charge on any atom is -0.294 e. The quantitative estimate of drug-likeness (QED) is 0.885. The van der Waals surface area contributed by atoms with Crippen LogP contribution in [0.3, 0.4) is 0 Å². The zero-order chi connectivity index (χ0) is 15.0. The highest BCUT2D eigenvalue weighted by molar-refractivity contribution is 6.07. The van der Waals surface area contributed by atoms with Crippen LogP contribution in [0.2, 0.25) is 0 Å². The maximum atomic E-state index is 12.5. The third-order valence-electron chi connectivity index (χ3n) is 3.71. The number of carbonyl (C=O) groups excluding carboxylic acids is 1. The summed E-state index contributed by atoms with van der Waals surface area (Å²) in [6.45, 7) is 2.46. The molecule has 1 aromatic carbocycles. The number of nitrogens with zero attached hydrogens (tertiary/aromatic N) is 2. The van der Waals surface area contributed by atoms with Crippen LogP contribution in [0.5, 0.6) is 0 Å². The van der Waals surface area contributed by atoms with Gasteiger partial charge in [0.25, 0.3) is 11.5 Å². The highest BCUT2D eigenvalue weighted by atomic mass is 16.2. The van der Waals surface area contributed by atoms with Crippen LogP contribution in [0.1, 0.15) is 22.8 Å². The van der Waals surface area contributed by atoms with Crippen molar-refractivity contribution in [3.05, 3.63) is 62.3 Å². The Morgan fingerprint density at radius 1 is 1.19 bits per heavy atom. The molecule has 1 amide bonds. The largest absolute Gasteiger partial charge is 0.329 e. The molecular weight excluding hydrogens is 270 g/mol. The Morgan fingerprint density at radius 3 is 2.67 bits per heavy atom. The zero-order valence-corrected chi connectivity index (χ0v) is 11.6. The number of carbonyl (C=O) groups is 1. The molecule has 1 N–H and O–H groups in total. The number of nitrogens with one attached hydrogen (secondary N) is 1. The summed E-state index contributed by atoms with van der Waals surface area (Å²) in [5.41, 5.74) is 0.710. The molecule has 0 unspecified atom stereocenters. The summed E-state index contributed by atoms with van der Waals surface area (Å²) in [6.07, 6.45) is 0.695. The predicted octanol–water partition coefficient (Wildman–Crippen LogP) is 0.759. The van der Waals surface area contributed by atoms with E-state index in [0.29, 0.717) is 25.1 Å². The van der Waals surface area contributed by atoms with Crippen molar-refractivity contribution >= 4 is 11.7 Å². The number of benzene rings is 1. The Hall–Kier alpha value is -2.63. The smallest absolute Gasteiger partial charge is 0.294 e. The highest BCUT2D eigenvalue weighted by Crippen LogP contribution is 2.21. The lowest BCUT2D eigenvalue weighted by atomic mass is 9.99. The van der Waals surface area contributed by atoms with Crippen molar-refractivity contribution in [3.63, 3.8) is 0 Å². The average Bonchev–Trinajstić information content (AvgIpc) is 2.47. The Balaban J connectivity index is 2.06. The second kappa shape index (κ2) is 5.05. The molecule has 1 aromatic heterocycles. The van der Waals surface area contributed by atoms with Gasteiger partial charge in [-0.3, -0.25) is 24.0 Å². The third-order valence-corrected chi connectivity index (χ3v) is 3.71. The standard InChI is InChI=1S/C15H15N3O3/c1-2-17-13(19)9-12(16-15(17)21)18-8-7-10-5-3-4-6-11(10)14(18)20/h3-6,9H,2,7-8H2,1H3,(H,16,21). The molecule has 6 heteroatoms. The fourth-order valence-electron chi connectivity index (χ4n) is 2.61. The number of hydrogen-bond acceptors (Lipinski definition) is 3. The molecule has 1 aliphatic rings. The van der Waals surface area contributed by atoms with E-state index in [9.17, 15) is 14.4 Å². The minimum atomic E-state index is -0.494. The van der Waals surface area contributed by atoms with E-state index in [4.69, 9.17) is 0 Å². The molecule has 0 saturated heterocycles. The minimum absolute atomic E-state index is 0.193. The van der Waals surface area contributed by atoms with Crippen LogP contribution in [0.15, 0.2) is 39.9 Å². The van der Waals surface area contributed by atoms with Gasteiger partial charge in [0.2, 0.25) is 0 Å². The zero-order valence-electron chi connectivity index (χ0n) is 11.6. The van der Waals surface area contributed by atoms with E-state index in [1.807, 2.05) is 12.1 Å². The van der Waals surface area contributed by atoms with Crippen LogP contribution in [0, 0.1) is 0 Å². The van der Waals surface area contributed by atoms with Crippen LogP contribution >= 0.6 is 0 Å². The summed E-state index contributed by atoms with van der Waals surface area (Å²) in [7, 11) is 0. The van der Waals surface area contributed by atoms with E-state index in [0.717, 1.165) is 10.1 Å². The summed E-state index contributed by atoms with van der Waals surface area (Å²) in [5.74, 6) is 0.0651. The first-order valence-electron chi connectivity index (χ1n) is 6.85. The van der Waals surface area contributed by atoms with Gasteiger partial charge in [0.05, 0.1) is 0 Å². The lowest BCUT2D eigenvalue weighted by molar-refractivity contribution is 0.0979. The number of H-pyrrole nitrogens is 1. The van der Waals surface area contributed by atoms with E-state index >= 15 is 0 Å². The van der Waals surface area contributed by atoms with Gasteiger partial charge in [-0.15, -0.1) is 0 Å². The third kappa shape index (κ3) is 2.18. The molecule has 0 aliphatic carbocycles. The summed E-state index contributed by atoms with van der Waals surface area (Å²) < 4.78 is 1.09. The first kappa shape index (κ1) is 13.4. The average molecular weight is 285 g/mol. The van der Waals surface area contributed by atoms with Crippen LogP contribution in [-0.4, -0.2) is 22.0 Å². The van der Waals surface area contributed by atoms with E-state index in [1.165, 1.54) is 11.0 Å². The van der Waals surface area contributed by atoms with Gasteiger partial charge >= 0.3 is 5.69 Å². The van der Waals surface area contributed by atoms with Crippen LogP contribution < -0.4 is 16.1 Å². The molecular formula is C15H15N3O3. The van der Waals surface area contributed by atoms with Crippen molar-refractivity contribution in [2.24, 2.45) is 0 Å². The van der Waals surface area contributed by atoms with Gasteiger partial charge in [-0.05, 0) is 25.0 Å². The lowest BCUT2D eigenvalue weighted by Crippen LogP contribution is -2.42. The molecule has 108 valence electrons. The van der Waals surface area contributed by atoms with Crippen LogP contribution in [-0.2, 0) is 13.0 Å². The number of anilines is 1. The Kier molecular flexibility index (Phi) is 3.21. The van der Waals surface area contributed by atoms with Gasteiger partial charge in [0.15, 0.2) is 0 Å². The van der Waals surface area contributed by atoms with Gasteiger partial charge in [-0.1, -0.05) is 18.2 Å². The SMILES string of the molecule is CCn1c(=O)cc(N2CCc3ccccc3C2=O)[nH]c1=O. The van der Waals surface area contributed by atoms with Gasteiger partial charge in [0, 0.05) is 24.7 Å². The highest BCUT2D eigenvalue weighted by Gasteiger charge is 2.26. The van der Waals surface area contributed by atoms with Gasteiger partial charge in [-0.25, -0.2) is 4.79 Å². The van der Waals surface area contributed by atoms with Crippen molar-refractivity contribution in [2.45, 2.75) is 19.9 Å². The molecule has 1 aliphatic heterocycles. The molecule has 0 saturated carbocycles. The molecule has 6 nitrogen and oxygen atoms in total. The fourth-order valence-corrected chi connectivity index (χ4v) is 2.61. The molecule has 0 radical (unpaired) electrons. The Morgan fingerprint density at radius 2 is 1.95 bits per heavy atom. The van der Waals surface area contributed by atoms with E-state index in [2.05, 4.69) is 4.98 Å². The summed E-state index contributed by atoms with van der Waals surface area (Å²) in [5, 5.41) is 0. The van der Waals surface area contributed by atoms with Crippen molar-refractivity contribution in [3.8, 4) is 0 Å². The lowest BCUT2D eigenvalue weighted by Gasteiger charge is -2.28. The molecule has 21 heavy (non-hydrogen) atoms. The Bertz CT molecular complexity index is 788. The van der Waals surface area contributed by atoms with Crippen molar-refractivity contribution in [1.82, 2.24) is 9.55 Å². The molecule has 0 atom stereocenters. The van der Waals surface area contributed by atoms with Gasteiger partial charge in [0.1, 0.15) is 5.82 Å². The Labute approximate surface area is 120 Å². The molecule has 0 spiro atoms. The number of rotatable bonds is 2.